The smallest absolute Gasteiger partial charge is 0.263 e. The van der Waals surface area contributed by atoms with Gasteiger partial charge in [0.05, 0.1) is 11.1 Å². The Hall–Kier alpha value is -1.34. The van der Waals surface area contributed by atoms with Gasteiger partial charge in [-0.3, -0.25) is 14.2 Å². The second kappa shape index (κ2) is 8.35. The second-order valence-corrected chi connectivity index (χ2v) is 10.2. The molecule has 3 rings (SSSR count). The van der Waals surface area contributed by atoms with Crippen molar-refractivity contribution < 1.29 is 4.79 Å². The number of thioether (sulfide) groups is 1. The Morgan fingerprint density at radius 3 is 2.78 bits per heavy atom. The maximum absolute atomic E-state index is 13.1. The first kappa shape index (κ1) is 20.4. The van der Waals surface area contributed by atoms with Crippen LogP contribution in [-0.2, 0) is 11.3 Å². The van der Waals surface area contributed by atoms with Crippen LogP contribution in [0.5, 0.6) is 0 Å². The molecule has 1 amide bonds. The number of carbonyl (C=O) groups is 1. The van der Waals surface area contributed by atoms with Gasteiger partial charge in [0.2, 0.25) is 5.91 Å². The van der Waals surface area contributed by atoms with E-state index in [-0.39, 0.29) is 11.5 Å². The molecule has 2 aromatic heterocycles. The van der Waals surface area contributed by atoms with Crippen molar-refractivity contribution in [2.75, 3.05) is 18.8 Å². The molecule has 0 radical (unpaired) electrons. The van der Waals surface area contributed by atoms with E-state index >= 15 is 0 Å². The summed E-state index contributed by atoms with van der Waals surface area (Å²) in [4.78, 5) is 34.4. The number of aromatic nitrogens is 2. The largest absolute Gasteiger partial charge is 0.342 e. The normalized spacial score (nSPS) is 17.9. The number of hydrogen-bond acceptors (Lipinski definition) is 5. The van der Waals surface area contributed by atoms with Crippen molar-refractivity contribution in [2.24, 2.45) is 11.8 Å². The third kappa shape index (κ3) is 4.40. The first-order valence-electron chi connectivity index (χ1n) is 9.69. The van der Waals surface area contributed by atoms with Crippen LogP contribution in [0.1, 0.15) is 44.1 Å². The molecule has 2 aromatic rings. The molecular weight excluding hydrogens is 378 g/mol. The van der Waals surface area contributed by atoms with E-state index in [1.54, 1.807) is 15.9 Å². The van der Waals surface area contributed by atoms with Gasteiger partial charge >= 0.3 is 0 Å². The van der Waals surface area contributed by atoms with Gasteiger partial charge < -0.3 is 4.90 Å². The Bertz CT molecular complexity index is 901. The zero-order chi connectivity index (χ0) is 19.7. The van der Waals surface area contributed by atoms with E-state index < -0.39 is 0 Å². The van der Waals surface area contributed by atoms with Gasteiger partial charge in [0.25, 0.3) is 5.56 Å². The van der Waals surface area contributed by atoms with Crippen LogP contribution in [0.25, 0.3) is 10.2 Å². The zero-order valence-electron chi connectivity index (χ0n) is 16.9. The molecule has 3 heterocycles. The number of fused-ring (bicyclic) bond motifs is 1. The van der Waals surface area contributed by atoms with Crippen LogP contribution < -0.4 is 5.56 Å². The fourth-order valence-electron chi connectivity index (χ4n) is 3.58. The minimum Gasteiger partial charge on any atom is -0.342 e. The first-order chi connectivity index (χ1) is 12.8. The molecule has 1 aliphatic rings. The monoisotopic (exact) mass is 407 g/mol. The average Bonchev–Trinajstić information content (AvgIpc) is 2.89. The van der Waals surface area contributed by atoms with Gasteiger partial charge in [0, 0.05) is 24.5 Å². The van der Waals surface area contributed by atoms with Crippen LogP contribution in [0.15, 0.2) is 9.95 Å². The minimum absolute atomic E-state index is 0.0251. The molecule has 27 heavy (non-hydrogen) atoms. The lowest BCUT2D eigenvalue weighted by Crippen LogP contribution is -2.40. The van der Waals surface area contributed by atoms with Gasteiger partial charge in [-0.2, -0.15) is 0 Å². The lowest BCUT2D eigenvalue weighted by atomic mass is 10.0. The summed E-state index contributed by atoms with van der Waals surface area (Å²) in [6.07, 6.45) is 2.27. The molecule has 0 aliphatic carbocycles. The Balaban J connectivity index is 1.88. The van der Waals surface area contributed by atoms with Crippen LogP contribution >= 0.6 is 23.1 Å². The number of likely N-dealkylation sites (tertiary alicyclic amines) is 1. The van der Waals surface area contributed by atoms with E-state index in [1.165, 1.54) is 18.2 Å². The number of aryl methyl sites for hydroxylation is 2. The molecule has 0 N–H and O–H groups in total. The summed E-state index contributed by atoms with van der Waals surface area (Å²) < 4.78 is 1.77. The summed E-state index contributed by atoms with van der Waals surface area (Å²) in [5, 5.41) is 1.40. The van der Waals surface area contributed by atoms with E-state index in [2.05, 4.69) is 20.8 Å². The predicted molar refractivity (Wildman–Crippen MR) is 114 cm³/mol. The van der Waals surface area contributed by atoms with E-state index in [9.17, 15) is 9.59 Å². The van der Waals surface area contributed by atoms with Gasteiger partial charge in [-0.15, -0.1) is 11.3 Å². The summed E-state index contributed by atoms with van der Waals surface area (Å²) in [6, 6.07) is 0. The second-order valence-electron chi connectivity index (χ2n) is 8.04. The number of carbonyl (C=O) groups excluding carboxylic acids is 1. The van der Waals surface area contributed by atoms with Gasteiger partial charge in [-0.1, -0.05) is 32.5 Å². The molecular formula is C20H29N3O2S2. The summed E-state index contributed by atoms with van der Waals surface area (Å²) in [6.45, 7) is 12.7. The molecule has 5 nitrogen and oxygen atoms in total. The van der Waals surface area contributed by atoms with Gasteiger partial charge in [0.1, 0.15) is 4.83 Å². The summed E-state index contributed by atoms with van der Waals surface area (Å²) in [7, 11) is 0. The van der Waals surface area contributed by atoms with Crippen molar-refractivity contribution in [3.63, 3.8) is 0 Å². The lowest BCUT2D eigenvalue weighted by Gasteiger charge is -2.30. The molecule has 0 aromatic carbocycles. The van der Waals surface area contributed by atoms with Crippen LogP contribution in [-0.4, -0.2) is 39.2 Å². The van der Waals surface area contributed by atoms with Crippen molar-refractivity contribution >= 4 is 39.2 Å². The van der Waals surface area contributed by atoms with E-state index in [0.717, 1.165) is 40.2 Å². The average molecular weight is 408 g/mol. The Kier molecular flexibility index (Phi) is 6.31. The highest BCUT2D eigenvalue weighted by atomic mass is 32.2. The van der Waals surface area contributed by atoms with Crippen LogP contribution in [0.3, 0.4) is 0 Å². The third-order valence-electron chi connectivity index (χ3n) is 5.14. The summed E-state index contributed by atoms with van der Waals surface area (Å²) in [5.41, 5.74) is 1.05. The number of thiophene rings is 1. The highest BCUT2D eigenvalue weighted by Crippen LogP contribution is 2.29. The zero-order valence-corrected chi connectivity index (χ0v) is 18.5. The molecule has 0 unspecified atom stereocenters. The lowest BCUT2D eigenvalue weighted by molar-refractivity contribution is -0.130. The minimum atomic E-state index is 0.0251. The van der Waals surface area contributed by atoms with Gasteiger partial charge in [-0.25, -0.2) is 4.98 Å². The predicted octanol–water partition coefficient (Wildman–Crippen LogP) is 4.08. The molecule has 1 aliphatic heterocycles. The Morgan fingerprint density at radius 2 is 2.11 bits per heavy atom. The third-order valence-corrected chi connectivity index (χ3v) is 7.20. The number of nitrogens with zero attached hydrogens (tertiary/aromatic N) is 3. The fourth-order valence-corrected chi connectivity index (χ4v) is 5.56. The molecule has 1 fully saturated rings. The van der Waals surface area contributed by atoms with Crippen molar-refractivity contribution in [1.82, 2.24) is 14.5 Å². The maximum atomic E-state index is 13.1. The van der Waals surface area contributed by atoms with E-state index in [4.69, 9.17) is 4.98 Å². The number of piperidine rings is 1. The highest BCUT2D eigenvalue weighted by molar-refractivity contribution is 7.99. The van der Waals surface area contributed by atoms with E-state index in [0.29, 0.717) is 29.3 Å². The van der Waals surface area contributed by atoms with Crippen molar-refractivity contribution in [3.8, 4) is 0 Å². The maximum Gasteiger partial charge on any atom is 0.263 e. The van der Waals surface area contributed by atoms with Crippen molar-refractivity contribution in [1.29, 1.82) is 0 Å². The summed E-state index contributed by atoms with van der Waals surface area (Å²) >= 11 is 2.97. The molecule has 0 spiro atoms. The van der Waals surface area contributed by atoms with Crippen LogP contribution in [0.2, 0.25) is 0 Å². The summed E-state index contributed by atoms with van der Waals surface area (Å²) in [5.74, 6) is 1.39. The SMILES string of the molecule is Cc1sc2nc(SCC(=O)N3CCC[C@@H](C)C3)n(CC(C)C)c(=O)c2c1C. The standard InChI is InChI=1S/C20H29N3O2S2/c1-12(2)9-23-19(25)17-14(4)15(5)27-18(17)21-20(23)26-11-16(24)22-8-6-7-13(3)10-22/h12-13H,6-11H2,1-5H3/t13-/m1/s1. The molecule has 0 bridgehead atoms. The molecule has 1 saturated heterocycles. The van der Waals surface area contributed by atoms with Crippen LogP contribution in [0, 0.1) is 25.7 Å². The number of rotatable bonds is 5. The Labute approximate surface area is 169 Å². The van der Waals surface area contributed by atoms with Gasteiger partial charge in [0.15, 0.2) is 5.16 Å². The van der Waals surface area contributed by atoms with Crippen LogP contribution in [0.4, 0.5) is 0 Å². The number of hydrogen-bond donors (Lipinski definition) is 0. The molecule has 148 valence electrons. The topological polar surface area (TPSA) is 55.2 Å². The van der Waals surface area contributed by atoms with Crippen molar-refractivity contribution in [2.45, 2.75) is 59.2 Å². The molecule has 7 heteroatoms. The van der Waals surface area contributed by atoms with Crippen molar-refractivity contribution in [3.05, 3.63) is 20.8 Å². The van der Waals surface area contributed by atoms with Gasteiger partial charge in [-0.05, 0) is 44.1 Å². The van der Waals surface area contributed by atoms with E-state index in [1.807, 2.05) is 18.7 Å². The molecule has 1 atom stereocenters. The molecule has 0 saturated carbocycles. The fraction of sp³-hybridized carbons (Fsp3) is 0.650. The quantitative estimate of drug-likeness (QED) is 0.553. The highest BCUT2D eigenvalue weighted by Gasteiger charge is 2.23. The number of amides is 1. The Morgan fingerprint density at radius 1 is 1.37 bits per heavy atom. The first-order valence-corrected chi connectivity index (χ1v) is 11.5.